The lowest BCUT2D eigenvalue weighted by Gasteiger charge is -2.27. The first-order chi connectivity index (χ1) is 20.6. The quantitative estimate of drug-likeness (QED) is 0.0655. The molecule has 43 heavy (non-hydrogen) atoms. The van der Waals surface area contributed by atoms with Gasteiger partial charge in [0.1, 0.15) is 17.6 Å². The maximum atomic E-state index is 14.3. The smallest absolute Gasteiger partial charge is 0.358 e. The van der Waals surface area contributed by atoms with Crippen molar-refractivity contribution < 1.29 is 28.5 Å². The molecule has 0 saturated heterocycles. The zero-order valence-electron chi connectivity index (χ0n) is 26.4. The van der Waals surface area contributed by atoms with Crippen LogP contribution in [0.3, 0.4) is 0 Å². The summed E-state index contributed by atoms with van der Waals surface area (Å²) in [7, 11) is 0.347. The van der Waals surface area contributed by atoms with Crippen LogP contribution in [0.2, 0.25) is 25.7 Å². The number of aromatic nitrogens is 1. The van der Waals surface area contributed by atoms with Crippen molar-refractivity contribution in [1.82, 2.24) is 9.88 Å². The van der Waals surface area contributed by atoms with Crippen LogP contribution in [0.4, 0.5) is 0 Å². The Bertz CT molecular complexity index is 1280. The Morgan fingerprint density at radius 1 is 1.02 bits per heavy atom. The van der Waals surface area contributed by atoms with Gasteiger partial charge in [-0.15, -0.1) is 11.3 Å². The third-order valence-corrected chi connectivity index (χ3v) is 9.75. The standard InChI is InChI=1S/C33H46N2O6SSi/c1-7-28-30(33(37)40-8-2)34-29(42-28)23-35(20-12-15-25-13-10-9-11-14-25)32(36)31(26-16-18-27(38-3)19-17-26)41-24-39-21-22-43(4,5)6/h9-11,13-14,16-19,31H,7-8,12,15,20-24H2,1-6H3/t31-/m1/s1. The highest BCUT2D eigenvalue weighted by Crippen LogP contribution is 2.27. The summed E-state index contributed by atoms with van der Waals surface area (Å²) in [6, 6.07) is 18.6. The van der Waals surface area contributed by atoms with Crippen molar-refractivity contribution >= 4 is 31.3 Å². The second kappa shape index (κ2) is 17.3. The maximum absolute atomic E-state index is 14.3. The van der Waals surface area contributed by atoms with E-state index in [0.29, 0.717) is 41.6 Å². The number of hydrogen-bond donors (Lipinski definition) is 0. The highest BCUT2D eigenvalue weighted by atomic mass is 32.1. The summed E-state index contributed by atoms with van der Waals surface area (Å²) in [5.41, 5.74) is 2.26. The number of benzene rings is 2. The van der Waals surface area contributed by atoms with E-state index in [9.17, 15) is 9.59 Å². The number of rotatable bonds is 18. The molecule has 0 saturated carbocycles. The molecule has 1 atom stereocenters. The van der Waals surface area contributed by atoms with Crippen molar-refractivity contribution in [2.45, 2.75) is 71.4 Å². The lowest BCUT2D eigenvalue weighted by atomic mass is 10.1. The molecule has 10 heteroatoms. The molecular weight excluding hydrogens is 581 g/mol. The fourth-order valence-electron chi connectivity index (χ4n) is 4.42. The Hall–Kier alpha value is -3.05. The molecule has 2 aromatic carbocycles. The van der Waals surface area contributed by atoms with Crippen molar-refractivity contribution in [2.24, 2.45) is 0 Å². The van der Waals surface area contributed by atoms with E-state index in [-0.39, 0.29) is 25.9 Å². The summed E-state index contributed by atoms with van der Waals surface area (Å²) >= 11 is 1.44. The molecule has 3 rings (SSSR count). The minimum absolute atomic E-state index is 0.00894. The van der Waals surface area contributed by atoms with E-state index in [1.54, 1.807) is 18.9 Å². The summed E-state index contributed by atoms with van der Waals surface area (Å²) in [5.74, 6) is 0.0825. The lowest BCUT2D eigenvalue weighted by Crippen LogP contribution is -2.37. The van der Waals surface area contributed by atoms with Crippen LogP contribution in [0.15, 0.2) is 54.6 Å². The number of carbonyl (C=O) groups excluding carboxylic acids is 2. The molecule has 0 radical (unpaired) electrons. The number of hydrogen-bond acceptors (Lipinski definition) is 8. The van der Waals surface area contributed by atoms with E-state index in [0.717, 1.165) is 23.8 Å². The van der Waals surface area contributed by atoms with Gasteiger partial charge >= 0.3 is 5.97 Å². The average molecular weight is 627 g/mol. The molecule has 0 spiro atoms. The largest absolute Gasteiger partial charge is 0.497 e. The minimum atomic E-state index is -1.26. The van der Waals surface area contributed by atoms with Gasteiger partial charge in [-0.05, 0) is 55.5 Å². The Kier molecular flexibility index (Phi) is 13.8. The van der Waals surface area contributed by atoms with Crippen molar-refractivity contribution in [3.05, 3.63) is 81.3 Å². The highest BCUT2D eigenvalue weighted by Gasteiger charge is 2.29. The number of amides is 1. The van der Waals surface area contributed by atoms with Gasteiger partial charge in [-0.2, -0.15) is 0 Å². The lowest BCUT2D eigenvalue weighted by molar-refractivity contribution is -0.155. The molecule has 234 valence electrons. The first kappa shape index (κ1) is 34.4. The number of carbonyl (C=O) groups is 2. The van der Waals surface area contributed by atoms with E-state index in [2.05, 4.69) is 36.8 Å². The summed E-state index contributed by atoms with van der Waals surface area (Å²) in [5, 5.41) is 0.688. The molecule has 3 aromatic rings. The van der Waals surface area contributed by atoms with Crippen LogP contribution >= 0.6 is 11.3 Å². The minimum Gasteiger partial charge on any atom is -0.497 e. The molecule has 0 N–H and O–H groups in total. The Morgan fingerprint density at radius 3 is 2.37 bits per heavy atom. The van der Waals surface area contributed by atoms with Gasteiger partial charge in [0.15, 0.2) is 11.8 Å². The number of ether oxygens (including phenoxy) is 4. The van der Waals surface area contributed by atoms with Gasteiger partial charge in [0.25, 0.3) is 5.91 Å². The van der Waals surface area contributed by atoms with Gasteiger partial charge in [-0.3, -0.25) is 4.79 Å². The Labute approximate surface area is 261 Å². The number of thiazole rings is 1. The van der Waals surface area contributed by atoms with Crippen molar-refractivity contribution in [3.63, 3.8) is 0 Å². The first-order valence-corrected chi connectivity index (χ1v) is 19.5. The van der Waals surface area contributed by atoms with Crippen LogP contribution in [0, 0.1) is 0 Å². The monoisotopic (exact) mass is 626 g/mol. The third-order valence-electron chi connectivity index (χ3n) is 6.86. The van der Waals surface area contributed by atoms with Gasteiger partial charge in [-0.1, -0.05) is 69.0 Å². The molecule has 0 aliphatic heterocycles. The molecule has 8 nitrogen and oxygen atoms in total. The van der Waals surface area contributed by atoms with E-state index in [4.69, 9.17) is 18.9 Å². The summed E-state index contributed by atoms with van der Waals surface area (Å²) in [6.07, 6.45) is 1.36. The summed E-state index contributed by atoms with van der Waals surface area (Å²) < 4.78 is 22.6. The molecule has 1 amide bonds. The van der Waals surface area contributed by atoms with E-state index in [1.807, 2.05) is 49.4 Å². The second-order valence-electron chi connectivity index (χ2n) is 11.5. The van der Waals surface area contributed by atoms with Crippen molar-refractivity contribution in [1.29, 1.82) is 0 Å². The van der Waals surface area contributed by atoms with Crippen LogP contribution in [0.25, 0.3) is 0 Å². The molecule has 0 aliphatic rings. The van der Waals surface area contributed by atoms with Crippen molar-refractivity contribution in [3.8, 4) is 5.75 Å². The summed E-state index contributed by atoms with van der Waals surface area (Å²) in [6.45, 7) is 12.3. The molecular formula is C33H46N2O6SSi. The zero-order chi connectivity index (χ0) is 31.2. The Morgan fingerprint density at radius 2 is 1.74 bits per heavy atom. The first-order valence-electron chi connectivity index (χ1n) is 15.0. The van der Waals surface area contributed by atoms with E-state index < -0.39 is 20.1 Å². The normalized spacial score (nSPS) is 12.1. The molecule has 0 unspecified atom stereocenters. The highest BCUT2D eigenvalue weighted by molar-refractivity contribution is 7.11. The second-order valence-corrected chi connectivity index (χ2v) is 18.2. The fourth-order valence-corrected chi connectivity index (χ4v) is 6.19. The number of esters is 1. The number of nitrogens with zero attached hydrogens (tertiary/aromatic N) is 2. The molecule has 0 bridgehead atoms. The molecule has 0 fully saturated rings. The van der Waals surface area contributed by atoms with Crippen LogP contribution in [0.5, 0.6) is 5.75 Å². The van der Waals surface area contributed by atoms with Crippen LogP contribution in [-0.2, 0) is 38.4 Å². The number of methoxy groups -OCH3 is 1. The SMILES string of the molecule is CCOC(=O)c1nc(CN(CCCc2ccccc2)C(=O)[C@H](OCOCC[Si](C)(C)C)c2ccc(OC)cc2)sc1CC. The molecule has 1 heterocycles. The van der Waals surface area contributed by atoms with Gasteiger partial charge < -0.3 is 23.8 Å². The third kappa shape index (κ3) is 11.2. The van der Waals surface area contributed by atoms with Crippen LogP contribution in [0.1, 0.15) is 57.9 Å². The molecule has 0 aliphatic carbocycles. The predicted octanol–water partition coefficient (Wildman–Crippen LogP) is 6.92. The van der Waals surface area contributed by atoms with E-state index in [1.165, 1.54) is 16.9 Å². The zero-order valence-corrected chi connectivity index (χ0v) is 28.2. The Balaban J connectivity index is 1.86. The van der Waals surface area contributed by atoms with Gasteiger partial charge in [0, 0.05) is 26.1 Å². The van der Waals surface area contributed by atoms with Gasteiger partial charge in [-0.25, -0.2) is 9.78 Å². The van der Waals surface area contributed by atoms with E-state index >= 15 is 0 Å². The average Bonchev–Trinajstić information content (AvgIpc) is 3.41. The fraction of sp³-hybridized carbons (Fsp3) is 0.485. The topological polar surface area (TPSA) is 87.2 Å². The van der Waals surface area contributed by atoms with Crippen LogP contribution in [-0.4, -0.2) is 63.5 Å². The number of aryl methyl sites for hydroxylation is 2. The summed E-state index contributed by atoms with van der Waals surface area (Å²) in [4.78, 5) is 34.1. The molecule has 1 aromatic heterocycles. The van der Waals surface area contributed by atoms with Gasteiger partial charge in [0.05, 0.1) is 20.3 Å². The predicted molar refractivity (Wildman–Crippen MR) is 173 cm³/mol. The van der Waals surface area contributed by atoms with Gasteiger partial charge in [0.2, 0.25) is 0 Å². The van der Waals surface area contributed by atoms with Crippen LogP contribution < -0.4 is 4.74 Å². The van der Waals surface area contributed by atoms with Crippen molar-refractivity contribution in [2.75, 3.05) is 33.7 Å². The maximum Gasteiger partial charge on any atom is 0.358 e.